The first-order valence-corrected chi connectivity index (χ1v) is 18.8. The van der Waals surface area contributed by atoms with E-state index in [1.165, 1.54) is 0 Å². The topological polar surface area (TPSA) is 498 Å². The number of aliphatic hydroxyl groups excluding tert-OH is 1. The van der Waals surface area contributed by atoms with Crippen molar-refractivity contribution in [1.29, 1.82) is 0 Å². The van der Waals surface area contributed by atoms with Gasteiger partial charge in [0, 0.05) is 26.2 Å². The summed E-state index contributed by atoms with van der Waals surface area (Å²) in [6.45, 7) is 0.218. The second-order valence-electron chi connectivity index (χ2n) is 5.62. The van der Waals surface area contributed by atoms with E-state index in [1.807, 2.05) is 0 Å². The van der Waals surface area contributed by atoms with Crippen molar-refractivity contribution in [3.8, 4) is 0 Å². The van der Waals surface area contributed by atoms with E-state index in [4.69, 9.17) is 69.0 Å². The summed E-state index contributed by atoms with van der Waals surface area (Å²) in [6, 6.07) is 0. The van der Waals surface area contributed by atoms with Crippen LogP contribution < -0.4 is 22.9 Å². The van der Waals surface area contributed by atoms with E-state index in [0.29, 0.717) is 12.8 Å². The second kappa shape index (κ2) is 31.1. The largest absolute Gasteiger partial charge is 0.397 e. The highest BCUT2D eigenvalue weighted by molar-refractivity contribution is 7.86. The lowest BCUT2D eigenvalue weighted by atomic mass is 10.8. The molecule has 0 aromatic heterocycles. The van der Waals surface area contributed by atoms with Crippen molar-refractivity contribution in [2.75, 3.05) is 64.3 Å². The minimum absolute atomic E-state index is 0.0289. The summed E-state index contributed by atoms with van der Waals surface area (Å²) < 4.78 is 169. The molecule has 0 rings (SSSR count). The van der Waals surface area contributed by atoms with E-state index in [1.54, 1.807) is 0 Å². The molecule has 16 N–H and O–H groups in total. The van der Waals surface area contributed by atoms with E-state index in [2.05, 4.69) is 12.7 Å². The first kappa shape index (κ1) is 57.7. The zero-order valence-corrected chi connectivity index (χ0v) is 27.0. The van der Waals surface area contributed by atoms with Gasteiger partial charge in [-0.1, -0.05) is 0 Å². The second-order valence-corrected chi connectivity index (χ2v) is 13.3. The Labute approximate surface area is 249 Å². The van der Waals surface area contributed by atoms with Gasteiger partial charge in [0.2, 0.25) is 0 Å². The Morgan fingerprint density at radius 2 is 0.767 bits per heavy atom. The Balaban J connectivity index is -0.0000000712. The van der Waals surface area contributed by atoms with Gasteiger partial charge >= 0.3 is 31.2 Å². The van der Waals surface area contributed by atoms with Crippen LogP contribution in [0.2, 0.25) is 0 Å². The molecule has 0 saturated carbocycles. The highest BCUT2D eigenvalue weighted by Gasteiger charge is 2.01. The third-order valence-electron chi connectivity index (χ3n) is 1.34. The van der Waals surface area contributed by atoms with Crippen LogP contribution in [0.3, 0.4) is 0 Å². The fourth-order valence-corrected chi connectivity index (χ4v) is 1.37. The van der Waals surface area contributed by atoms with Crippen LogP contribution >= 0.6 is 0 Å². The van der Waals surface area contributed by atoms with Crippen LogP contribution in [0.4, 0.5) is 0 Å². The molecular formula is C10H38N4O23S6. The Kier molecular flexibility index (Phi) is 41.7. The highest BCUT2D eigenvalue weighted by atomic mass is 32.3. The third-order valence-corrected chi connectivity index (χ3v) is 3.29. The molecule has 0 bridgehead atoms. The first-order chi connectivity index (χ1) is 18.7. The van der Waals surface area contributed by atoms with E-state index in [9.17, 15) is 42.1 Å². The fourth-order valence-electron chi connectivity index (χ4n) is 0.456. The van der Waals surface area contributed by atoms with E-state index < -0.39 is 61.6 Å². The maximum Gasteiger partial charge on any atom is 0.397 e. The first-order valence-electron chi connectivity index (χ1n) is 9.41. The van der Waals surface area contributed by atoms with E-state index in [-0.39, 0.29) is 45.2 Å². The van der Waals surface area contributed by atoms with Gasteiger partial charge in [0.1, 0.15) is 0 Å². The van der Waals surface area contributed by atoms with Gasteiger partial charge in [-0.3, -0.25) is 27.3 Å². The summed E-state index contributed by atoms with van der Waals surface area (Å²) >= 11 is 0. The van der Waals surface area contributed by atoms with Gasteiger partial charge in [-0.2, -0.15) is 50.5 Å². The summed E-state index contributed by atoms with van der Waals surface area (Å²) in [4.78, 5) is 0. The van der Waals surface area contributed by atoms with Crippen LogP contribution in [0.15, 0.2) is 0 Å². The van der Waals surface area contributed by atoms with Crippen LogP contribution in [0, 0.1) is 0 Å². The quantitative estimate of drug-likeness (QED) is 0.0557. The molecule has 33 heteroatoms. The summed E-state index contributed by atoms with van der Waals surface area (Å²) in [6.07, 6.45) is 1.46. The molecule has 27 nitrogen and oxygen atoms in total. The lowest BCUT2D eigenvalue weighted by Crippen LogP contribution is -2.13. The summed E-state index contributed by atoms with van der Waals surface area (Å²) in [5.41, 5.74) is 19.2. The molecule has 0 aliphatic carbocycles. The zero-order valence-electron chi connectivity index (χ0n) is 22.1. The number of aliphatic hydroxyl groups is 1. The maximum atomic E-state index is 9.71. The van der Waals surface area contributed by atoms with Crippen molar-refractivity contribution < 1.29 is 101 Å². The molecule has 0 aliphatic rings. The lowest BCUT2D eigenvalue weighted by Gasteiger charge is -1.92. The molecule has 0 fully saturated rings. The molecule has 272 valence electrons. The summed E-state index contributed by atoms with van der Waals surface area (Å²) in [5.74, 6) is -0.354. The predicted molar refractivity (Wildman–Crippen MR) is 145 cm³/mol. The monoisotopic (exact) mass is 774 g/mol. The Hall–Kier alpha value is -0.900. The SMILES string of the molecule is CS(=O)(=O)O.CS(=O)(=O)OO.NCCO.NCCOS(=O)(=O)O.NCCOS(=O)(=O)O.NCCS(=O)(=O)O.O=S(=O)(O)O. The minimum Gasteiger partial charge on any atom is -0.395 e. The average Bonchev–Trinajstić information content (AvgIpc) is 2.73. The van der Waals surface area contributed by atoms with Gasteiger partial charge in [0.15, 0.2) is 0 Å². The number of hydrogen-bond acceptors (Lipinski definition) is 21. The normalized spacial score (nSPS) is 11.3. The van der Waals surface area contributed by atoms with Gasteiger partial charge in [-0.15, -0.1) is 4.33 Å². The van der Waals surface area contributed by atoms with Crippen molar-refractivity contribution in [3.63, 3.8) is 0 Å². The van der Waals surface area contributed by atoms with Gasteiger partial charge < -0.3 is 28.0 Å². The van der Waals surface area contributed by atoms with E-state index in [0.717, 1.165) is 6.26 Å². The van der Waals surface area contributed by atoms with Crippen molar-refractivity contribution >= 4 is 61.6 Å². The Bertz CT molecular complexity index is 1180. The van der Waals surface area contributed by atoms with Crippen molar-refractivity contribution in [1.82, 2.24) is 0 Å². The predicted octanol–water partition coefficient (Wildman–Crippen LogP) is -6.41. The van der Waals surface area contributed by atoms with Gasteiger partial charge in [-0.05, 0) is 0 Å². The van der Waals surface area contributed by atoms with Crippen LogP contribution in [0.1, 0.15) is 0 Å². The van der Waals surface area contributed by atoms with Gasteiger partial charge in [0.25, 0.3) is 30.4 Å². The Morgan fingerprint density at radius 1 is 0.558 bits per heavy atom. The molecule has 0 atom stereocenters. The summed E-state index contributed by atoms with van der Waals surface area (Å²) in [5, 5.41) is 15.1. The molecule has 0 radical (unpaired) electrons. The standard InChI is InChI=1S/2C2H7NO4S.C2H7NO3S.C2H7NO.CH4O4S.CH4O3S.H2O4S/c2*3-1-2-7-8(4,5)6;3-1-2-7(4,5)6;3-1-2-4;1-6(3,4)5-2;2*1-5(2,3)4/h2*1-3H2,(H,4,5,6);1-3H2,(H,4,5,6);4H,1-3H2;2H,1H3;1H3,(H,2,3,4);(H2,1,2,3,4). The van der Waals surface area contributed by atoms with Crippen LogP contribution in [-0.2, 0) is 74.3 Å². The zero-order chi connectivity index (χ0) is 36.8. The number of rotatable bonds is 10. The van der Waals surface area contributed by atoms with E-state index >= 15 is 0 Å². The highest BCUT2D eigenvalue weighted by Crippen LogP contribution is 1.82. The Morgan fingerprint density at radius 3 is 0.791 bits per heavy atom. The summed E-state index contributed by atoms with van der Waals surface area (Å²) in [7, 11) is -24.3. The molecule has 0 aromatic carbocycles. The fraction of sp³-hybridized carbons (Fsp3) is 1.00. The van der Waals surface area contributed by atoms with Crippen LogP contribution in [0.25, 0.3) is 0 Å². The van der Waals surface area contributed by atoms with Crippen LogP contribution in [0.5, 0.6) is 0 Å². The minimum atomic E-state index is -4.67. The molecule has 0 heterocycles. The van der Waals surface area contributed by atoms with Crippen molar-refractivity contribution in [2.24, 2.45) is 22.9 Å². The van der Waals surface area contributed by atoms with Crippen LogP contribution in [-0.4, -0.2) is 152 Å². The molecule has 0 aliphatic heterocycles. The molecule has 43 heavy (non-hydrogen) atoms. The van der Waals surface area contributed by atoms with Crippen molar-refractivity contribution in [3.05, 3.63) is 0 Å². The molecule has 0 spiro atoms. The number of hydrogen-bond donors (Lipinski definition) is 12. The van der Waals surface area contributed by atoms with Crippen molar-refractivity contribution in [2.45, 2.75) is 0 Å². The molecular weight excluding hydrogens is 737 g/mol. The molecule has 0 saturated heterocycles. The average molecular weight is 775 g/mol. The van der Waals surface area contributed by atoms with Gasteiger partial charge in [-0.25, -0.2) is 13.6 Å². The lowest BCUT2D eigenvalue weighted by molar-refractivity contribution is -0.129. The molecule has 0 unspecified atom stereocenters. The molecule has 0 aromatic rings. The molecule has 0 amide bonds. The van der Waals surface area contributed by atoms with Gasteiger partial charge in [0.05, 0.1) is 38.1 Å². The smallest absolute Gasteiger partial charge is 0.395 e. The number of nitrogens with two attached hydrogens (primary N) is 4. The third kappa shape index (κ3) is 215. The maximum absolute atomic E-state index is 9.71.